The highest BCUT2D eigenvalue weighted by Crippen LogP contribution is 2.31. The Bertz CT molecular complexity index is 1310. The van der Waals surface area contributed by atoms with Crippen LogP contribution in [-0.4, -0.2) is 44.7 Å². The average Bonchev–Trinajstić information content (AvgIpc) is 3.58. The van der Waals surface area contributed by atoms with Gasteiger partial charge in [0, 0.05) is 37.7 Å². The summed E-state index contributed by atoms with van der Waals surface area (Å²) >= 11 is 0. The fourth-order valence-electron chi connectivity index (χ4n) is 4.63. The van der Waals surface area contributed by atoms with Crippen LogP contribution in [0.2, 0.25) is 0 Å². The van der Waals surface area contributed by atoms with Crippen molar-refractivity contribution >= 4 is 11.4 Å². The van der Waals surface area contributed by atoms with Gasteiger partial charge in [-0.1, -0.05) is 30.3 Å². The maximum Gasteiger partial charge on any atom is 0.260 e. The second-order valence-electron chi connectivity index (χ2n) is 8.54. The van der Waals surface area contributed by atoms with E-state index >= 15 is 0 Å². The summed E-state index contributed by atoms with van der Waals surface area (Å²) < 4.78 is 13.4. The molecule has 33 heavy (non-hydrogen) atoms. The molecule has 1 amide bonds. The Hall–Kier alpha value is -3.71. The van der Waals surface area contributed by atoms with Crippen molar-refractivity contribution in [1.82, 2.24) is 19.5 Å². The molecule has 0 radical (unpaired) electrons. The van der Waals surface area contributed by atoms with Crippen molar-refractivity contribution in [2.45, 2.75) is 32.0 Å². The van der Waals surface area contributed by atoms with E-state index in [9.17, 15) is 4.79 Å². The number of amides is 1. The first kappa shape index (κ1) is 19.9. The number of hydrogen-bond donors (Lipinski definition) is 0. The Morgan fingerprint density at radius 2 is 2.03 bits per heavy atom. The molecule has 0 aliphatic carbocycles. The summed E-state index contributed by atoms with van der Waals surface area (Å²) in [6, 6.07) is 16.3. The summed E-state index contributed by atoms with van der Waals surface area (Å²) in [4.78, 5) is 19.4. The molecule has 4 aromatic rings. The highest BCUT2D eigenvalue weighted by atomic mass is 16.5. The van der Waals surface area contributed by atoms with Gasteiger partial charge in [0.25, 0.3) is 5.91 Å². The quantitative estimate of drug-likeness (QED) is 0.451. The zero-order chi connectivity index (χ0) is 22.2. The minimum absolute atomic E-state index is 0.0351. The topological polar surface area (TPSA) is 69.0 Å². The third kappa shape index (κ3) is 3.74. The van der Waals surface area contributed by atoms with Crippen LogP contribution >= 0.6 is 0 Å². The molecule has 1 atom stereocenters. The van der Waals surface area contributed by atoms with Gasteiger partial charge in [0.1, 0.15) is 12.2 Å². The predicted octanol–water partition coefficient (Wildman–Crippen LogP) is 4.11. The van der Waals surface area contributed by atoms with Crippen LogP contribution in [0.4, 0.5) is 0 Å². The van der Waals surface area contributed by atoms with Crippen LogP contribution in [0.15, 0.2) is 67.1 Å². The Labute approximate surface area is 191 Å². The van der Waals surface area contributed by atoms with E-state index in [4.69, 9.17) is 9.47 Å². The molecule has 6 rings (SSSR count). The molecule has 7 nitrogen and oxygen atoms in total. The first-order chi connectivity index (χ1) is 16.3. The second kappa shape index (κ2) is 8.33. The van der Waals surface area contributed by atoms with Gasteiger partial charge in [0.2, 0.25) is 5.88 Å². The van der Waals surface area contributed by atoms with Crippen LogP contribution in [0.3, 0.4) is 0 Å². The number of carbonyl (C=O) groups excluding carboxylic acids is 1. The van der Waals surface area contributed by atoms with E-state index in [0.29, 0.717) is 31.1 Å². The van der Waals surface area contributed by atoms with Gasteiger partial charge < -0.3 is 14.4 Å². The van der Waals surface area contributed by atoms with Crippen LogP contribution in [0.1, 0.15) is 34.3 Å². The second-order valence-corrected chi connectivity index (χ2v) is 8.54. The summed E-state index contributed by atoms with van der Waals surface area (Å²) in [6.07, 6.45) is 7.67. The highest BCUT2D eigenvalue weighted by Gasteiger charge is 2.32. The molecule has 2 aliphatic heterocycles. The lowest BCUT2D eigenvalue weighted by Gasteiger charge is -2.16. The normalized spacial score (nSPS) is 17.6. The maximum absolute atomic E-state index is 13.2. The molecule has 0 N–H and O–H groups in total. The molecular formula is C26H24N4O3. The Morgan fingerprint density at radius 3 is 2.88 bits per heavy atom. The number of fused-ring (bicyclic) bond motifs is 2. The lowest BCUT2D eigenvalue weighted by molar-refractivity contribution is 0.0643. The van der Waals surface area contributed by atoms with Crippen molar-refractivity contribution in [3.05, 3.63) is 83.8 Å². The van der Waals surface area contributed by atoms with E-state index in [1.165, 1.54) is 0 Å². The first-order valence-electron chi connectivity index (χ1n) is 11.3. The molecule has 1 unspecified atom stereocenters. The summed E-state index contributed by atoms with van der Waals surface area (Å²) in [6.45, 7) is 2.30. The fourth-order valence-corrected chi connectivity index (χ4v) is 4.63. The summed E-state index contributed by atoms with van der Waals surface area (Å²) in [5.74, 6) is 0.381. The number of pyridine rings is 2. The van der Waals surface area contributed by atoms with Gasteiger partial charge in [-0.25, -0.2) is 9.50 Å². The van der Waals surface area contributed by atoms with E-state index in [2.05, 4.69) is 40.4 Å². The highest BCUT2D eigenvalue weighted by molar-refractivity contribution is 6.00. The van der Waals surface area contributed by atoms with Gasteiger partial charge >= 0.3 is 0 Å². The Kier molecular flexibility index (Phi) is 5.03. The van der Waals surface area contributed by atoms with Crippen molar-refractivity contribution in [3.63, 3.8) is 0 Å². The molecule has 0 saturated carbocycles. The molecule has 0 spiro atoms. The number of nitrogens with zero attached hydrogens (tertiary/aromatic N) is 4. The van der Waals surface area contributed by atoms with Gasteiger partial charge in [0.15, 0.2) is 0 Å². The maximum atomic E-state index is 13.2. The molecule has 3 aromatic heterocycles. The molecule has 0 bridgehead atoms. The van der Waals surface area contributed by atoms with Gasteiger partial charge in [-0.2, -0.15) is 5.10 Å². The molecule has 1 fully saturated rings. The SMILES string of the molecule is O=C1c2c(ccnc2OCC2CCCO2)CN1Cc1ccc(-c2cnn3ccccc23)cc1. The number of rotatable bonds is 6. The lowest BCUT2D eigenvalue weighted by Crippen LogP contribution is -2.24. The van der Waals surface area contributed by atoms with Crippen LogP contribution < -0.4 is 4.74 Å². The molecule has 1 aromatic carbocycles. The Morgan fingerprint density at radius 1 is 1.12 bits per heavy atom. The van der Waals surface area contributed by atoms with Gasteiger partial charge in [-0.3, -0.25) is 4.79 Å². The van der Waals surface area contributed by atoms with Crippen molar-refractivity contribution in [3.8, 4) is 17.0 Å². The third-order valence-corrected chi connectivity index (χ3v) is 6.36. The average molecular weight is 441 g/mol. The standard InChI is InChI=1S/C26H24N4O3/c31-26-24-20(10-11-27-25(24)33-17-21-4-3-13-32-21)16-29(26)15-18-6-8-19(9-7-18)22-14-28-30-12-2-1-5-23(22)30/h1-2,5-12,14,21H,3-4,13,15-17H2. The molecule has 1 saturated heterocycles. The summed E-state index contributed by atoms with van der Waals surface area (Å²) in [5, 5.41) is 4.42. The third-order valence-electron chi connectivity index (χ3n) is 6.36. The molecular weight excluding hydrogens is 416 g/mol. The van der Waals surface area contributed by atoms with Crippen molar-refractivity contribution in [2.24, 2.45) is 0 Å². The minimum atomic E-state index is -0.0351. The first-order valence-corrected chi connectivity index (χ1v) is 11.3. The number of benzene rings is 1. The Balaban J connectivity index is 1.17. The van der Waals surface area contributed by atoms with Crippen molar-refractivity contribution in [2.75, 3.05) is 13.2 Å². The molecule has 7 heteroatoms. The van der Waals surface area contributed by atoms with Gasteiger partial charge in [0.05, 0.1) is 17.8 Å². The number of carbonyl (C=O) groups is 1. The zero-order valence-corrected chi connectivity index (χ0v) is 18.2. The molecule has 2 aliphatic rings. The van der Waals surface area contributed by atoms with Crippen LogP contribution in [0, 0.1) is 0 Å². The van der Waals surface area contributed by atoms with Crippen molar-refractivity contribution < 1.29 is 14.3 Å². The fraction of sp³-hybridized carbons (Fsp3) is 0.269. The van der Waals surface area contributed by atoms with E-state index in [1.54, 1.807) is 6.20 Å². The number of aromatic nitrogens is 3. The van der Waals surface area contributed by atoms with Crippen LogP contribution in [0.25, 0.3) is 16.6 Å². The van der Waals surface area contributed by atoms with Crippen LogP contribution in [-0.2, 0) is 17.8 Å². The lowest BCUT2D eigenvalue weighted by atomic mass is 10.1. The van der Waals surface area contributed by atoms with Crippen LogP contribution in [0.5, 0.6) is 5.88 Å². The van der Waals surface area contributed by atoms with E-state index in [1.807, 2.05) is 40.0 Å². The smallest absolute Gasteiger partial charge is 0.260 e. The molecule has 5 heterocycles. The predicted molar refractivity (Wildman–Crippen MR) is 123 cm³/mol. The summed E-state index contributed by atoms with van der Waals surface area (Å²) in [7, 11) is 0. The minimum Gasteiger partial charge on any atom is -0.474 e. The number of hydrogen-bond acceptors (Lipinski definition) is 5. The number of ether oxygens (including phenoxy) is 2. The van der Waals surface area contributed by atoms with Gasteiger partial charge in [-0.15, -0.1) is 0 Å². The molecule has 166 valence electrons. The zero-order valence-electron chi connectivity index (χ0n) is 18.2. The van der Waals surface area contributed by atoms with Crippen molar-refractivity contribution in [1.29, 1.82) is 0 Å². The largest absolute Gasteiger partial charge is 0.474 e. The van der Waals surface area contributed by atoms with E-state index < -0.39 is 0 Å². The monoisotopic (exact) mass is 440 g/mol. The van der Waals surface area contributed by atoms with E-state index in [-0.39, 0.29) is 12.0 Å². The van der Waals surface area contributed by atoms with Gasteiger partial charge in [-0.05, 0) is 47.7 Å². The summed E-state index contributed by atoms with van der Waals surface area (Å²) in [5.41, 5.74) is 5.87. The van der Waals surface area contributed by atoms with E-state index in [0.717, 1.165) is 47.2 Å².